The second-order valence-corrected chi connectivity index (χ2v) is 4.62. The molecule has 0 aromatic heterocycles. The molecule has 1 fully saturated rings. The monoisotopic (exact) mass is 253 g/mol. The molecule has 100 valence electrons. The van der Waals surface area contributed by atoms with E-state index < -0.39 is 0 Å². The summed E-state index contributed by atoms with van der Waals surface area (Å²) in [6, 6.07) is 5.26. The predicted molar refractivity (Wildman–Crippen MR) is 69.6 cm³/mol. The molecule has 2 unspecified atom stereocenters. The number of benzene rings is 1. The summed E-state index contributed by atoms with van der Waals surface area (Å²) in [7, 11) is 1.48. The number of methoxy groups -OCH3 is 1. The minimum atomic E-state index is -0.332. The summed E-state index contributed by atoms with van der Waals surface area (Å²) < 4.78 is 23.9. The highest BCUT2D eigenvalue weighted by molar-refractivity contribution is 5.49. The van der Waals surface area contributed by atoms with E-state index in [1.807, 2.05) is 0 Å². The average Bonchev–Trinajstić information content (AvgIpc) is 2.41. The van der Waals surface area contributed by atoms with E-state index in [1.54, 1.807) is 12.1 Å². The van der Waals surface area contributed by atoms with E-state index in [9.17, 15) is 4.39 Å². The van der Waals surface area contributed by atoms with Crippen molar-refractivity contribution in [3.63, 3.8) is 0 Å². The lowest BCUT2D eigenvalue weighted by Gasteiger charge is -2.30. The van der Waals surface area contributed by atoms with Crippen LogP contribution < -0.4 is 10.1 Å². The molecule has 0 saturated carbocycles. The van der Waals surface area contributed by atoms with Gasteiger partial charge in [-0.2, -0.15) is 0 Å². The molecule has 0 aliphatic carbocycles. The van der Waals surface area contributed by atoms with Gasteiger partial charge in [-0.3, -0.25) is 0 Å². The first-order chi connectivity index (χ1) is 8.72. The Morgan fingerprint density at radius 3 is 3.06 bits per heavy atom. The molecule has 3 nitrogen and oxygen atoms in total. The standard InChI is InChI=1S/C14H20FNO2/c1-3-12-8-11(6-7-18-12)16-10-4-5-13(15)14(9-10)17-2/h4-5,9,11-12,16H,3,6-8H2,1-2H3. The fourth-order valence-corrected chi connectivity index (χ4v) is 2.28. The Bertz CT molecular complexity index is 397. The number of rotatable bonds is 4. The minimum absolute atomic E-state index is 0.277. The van der Waals surface area contributed by atoms with Crippen molar-refractivity contribution >= 4 is 5.69 Å². The first-order valence-corrected chi connectivity index (χ1v) is 6.44. The van der Waals surface area contributed by atoms with E-state index in [4.69, 9.17) is 9.47 Å². The third-order valence-corrected chi connectivity index (χ3v) is 3.34. The number of anilines is 1. The van der Waals surface area contributed by atoms with Crippen LogP contribution in [0.25, 0.3) is 0 Å². The van der Waals surface area contributed by atoms with Gasteiger partial charge in [-0.05, 0) is 31.4 Å². The van der Waals surface area contributed by atoms with Crippen molar-refractivity contribution in [2.24, 2.45) is 0 Å². The molecule has 2 rings (SSSR count). The van der Waals surface area contributed by atoms with Crippen molar-refractivity contribution < 1.29 is 13.9 Å². The molecule has 0 amide bonds. The van der Waals surface area contributed by atoms with E-state index in [2.05, 4.69) is 12.2 Å². The predicted octanol–water partition coefficient (Wildman–Crippen LogP) is 3.20. The Hall–Kier alpha value is -1.29. The maximum atomic E-state index is 13.3. The van der Waals surface area contributed by atoms with Gasteiger partial charge in [-0.1, -0.05) is 6.92 Å². The van der Waals surface area contributed by atoms with E-state index in [0.717, 1.165) is 31.6 Å². The van der Waals surface area contributed by atoms with Crippen molar-refractivity contribution in [2.75, 3.05) is 19.0 Å². The van der Waals surface area contributed by atoms with Gasteiger partial charge in [-0.25, -0.2) is 4.39 Å². The molecule has 4 heteroatoms. The topological polar surface area (TPSA) is 30.5 Å². The zero-order chi connectivity index (χ0) is 13.0. The fourth-order valence-electron chi connectivity index (χ4n) is 2.28. The molecule has 2 atom stereocenters. The number of hydrogen-bond donors (Lipinski definition) is 1. The van der Waals surface area contributed by atoms with Gasteiger partial charge in [0.05, 0.1) is 13.2 Å². The van der Waals surface area contributed by atoms with Gasteiger partial charge >= 0.3 is 0 Å². The lowest BCUT2D eigenvalue weighted by Crippen LogP contribution is -2.33. The van der Waals surface area contributed by atoms with Crippen molar-refractivity contribution in [1.82, 2.24) is 0 Å². The van der Waals surface area contributed by atoms with Crippen LogP contribution in [0.2, 0.25) is 0 Å². The zero-order valence-corrected chi connectivity index (χ0v) is 10.9. The molecule has 1 saturated heterocycles. The van der Waals surface area contributed by atoms with Crippen LogP contribution in [0.4, 0.5) is 10.1 Å². The van der Waals surface area contributed by atoms with E-state index in [0.29, 0.717) is 12.1 Å². The quantitative estimate of drug-likeness (QED) is 0.893. The number of hydrogen-bond acceptors (Lipinski definition) is 3. The molecule has 0 radical (unpaired) electrons. The van der Waals surface area contributed by atoms with Crippen LogP contribution in [0.5, 0.6) is 5.75 Å². The Kier molecular flexibility index (Phi) is 4.42. The summed E-state index contributed by atoms with van der Waals surface area (Å²) in [5.41, 5.74) is 0.898. The van der Waals surface area contributed by atoms with Crippen molar-refractivity contribution in [3.05, 3.63) is 24.0 Å². The highest BCUT2D eigenvalue weighted by Crippen LogP contribution is 2.25. The van der Waals surface area contributed by atoms with Gasteiger partial charge < -0.3 is 14.8 Å². The molecule has 1 aliphatic rings. The normalized spacial score (nSPS) is 23.7. The number of ether oxygens (including phenoxy) is 2. The van der Waals surface area contributed by atoms with Crippen LogP contribution in [0.3, 0.4) is 0 Å². The van der Waals surface area contributed by atoms with E-state index in [1.165, 1.54) is 13.2 Å². The second-order valence-electron chi connectivity index (χ2n) is 4.62. The number of halogens is 1. The van der Waals surface area contributed by atoms with Crippen LogP contribution in [0.1, 0.15) is 26.2 Å². The first-order valence-electron chi connectivity index (χ1n) is 6.44. The van der Waals surface area contributed by atoms with Crippen LogP contribution in [-0.4, -0.2) is 25.9 Å². The third-order valence-electron chi connectivity index (χ3n) is 3.34. The van der Waals surface area contributed by atoms with Gasteiger partial charge in [0.15, 0.2) is 11.6 Å². The summed E-state index contributed by atoms with van der Waals surface area (Å²) in [4.78, 5) is 0. The van der Waals surface area contributed by atoms with Gasteiger partial charge in [0.25, 0.3) is 0 Å². The molecule has 1 N–H and O–H groups in total. The first kappa shape index (κ1) is 13.1. The van der Waals surface area contributed by atoms with Gasteiger partial charge in [0.1, 0.15) is 0 Å². The maximum absolute atomic E-state index is 13.3. The maximum Gasteiger partial charge on any atom is 0.165 e. The van der Waals surface area contributed by atoms with Crippen molar-refractivity contribution in [3.8, 4) is 5.75 Å². The second kappa shape index (κ2) is 6.05. The van der Waals surface area contributed by atoms with Gasteiger partial charge in [0, 0.05) is 24.4 Å². The van der Waals surface area contributed by atoms with Gasteiger partial charge in [0.2, 0.25) is 0 Å². The minimum Gasteiger partial charge on any atom is -0.494 e. The molecule has 0 spiro atoms. The van der Waals surface area contributed by atoms with Crippen LogP contribution in [0.15, 0.2) is 18.2 Å². The highest BCUT2D eigenvalue weighted by atomic mass is 19.1. The largest absolute Gasteiger partial charge is 0.494 e. The molecule has 0 bridgehead atoms. The summed E-state index contributed by atoms with van der Waals surface area (Å²) in [5, 5.41) is 3.42. The Morgan fingerprint density at radius 1 is 1.50 bits per heavy atom. The molecular formula is C14H20FNO2. The Morgan fingerprint density at radius 2 is 2.33 bits per heavy atom. The number of nitrogens with one attached hydrogen (secondary N) is 1. The molecule has 1 aliphatic heterocycles. The molecular weight excluding hydrogens is 233 g/mol. The van der Waals surface area contributed by atoms with Crippen molar-refractivity contribution in [2.45, 2.75) is 38.3 Å². The Balaban J connectivity index is 2.00. The van der Waals surface area contributed by atoms with Crippen LogP contribution >= 0.6 is 0 Å². The SMILES string of the molecule is CCC1CC(Nc2ccc(F)c(OC)c2)CCO1. The highest BCUT2D eigenvalue weighted by Gasteiger charge is 2.21. The Labute approximate surface area is 107 Å². The lowest BCUT2D eigenvalue weighted by atomic mass is 10.0. The van der Waals surface area contributed by atoms with Crippen LogP contribution in [-0.2, 0) is 4.74 Å². The third kappa shape index (κ3) is 3.13. The summed E-state index contributed by atoms with van der Waals surface area (Å²) in [6.07, 6.45) is 3.34. The molecule has 1 aromatic rings. The average molecular weight is 253 g/mol. The molecule has 1 heterocycles. The van der Waals surface area contributed by atoms with Gasteiger partial charge in [-0.15, -0.1) is 0 Å². The van der Waals surface area contributed by atoms with E-state index in [-0.39, 0.29) is 11.6 Å². The molecule has 1 aromatic carbocycles. The van der Waals surface area contributed by atoms with Crippen molar-refractivity contribution in [1.29, 1.82) is 0 Å². The summed E-state index contributed by atoms with van der Waals surface area (Å²) in [5.74, 6) is -0.0550. The zero-order valence-electron chi connectivity index (χ0n) is 10.9. The lowest BCUT2D eigenvalue weighted by molar-refractivity contribution is 0.00925. The smallest absolute Gasteiger partial charge is 0.165 e. The van der Waals surface area contributed by atoms with Crippen LogP contribution in [0, 0.1) is 5.82 Å². The fraction of sp³-hybridized carbons (Fsp3) is 0.571. The summed E-state index contributed by atoms with van der Waals surface area (Å²) in [6.45, 7) is 2.92. The van der Waals surface area contributed by atoms with E-state index >= 15 is 0 Å². The summed E-state index contributed by atoms with van der Waals surface area (Å²) >= 11 is 0. The molecule has 18 heavy (non-hydrogen) atoms.